The largest absolute Gasteiger partial charge is 0.300 e. The molecule has 0 fully saturated rings. The van der Waals surface area contributed by atoms with Gasteiger partial charge in [-0.25, -0.2) is 0 Å². The number of benzene rings is 1. The van der Waals surface area contributed by atoms with Gasteiger partial charge in [-0.3, -0.25) is 4.90 Å². The fourth-order valence-electron chi connectivity index (χ4n) is 2.06. The number of hydrogen-bond donors (Lipinski definition) is 0. The summed E-state index contributed by atoms with van der Waals surface area (Å²) in [7, 11) is 2.23. The van der Waals surface area contributed by atoms with Crippen molar-refractivity contribution < 1.29 is 0 Å². The molecule has 0 radical (unpaired) electrons. The minimum atomic E-state index is 0.224. The number of halogens is 1. The van der Waals surface area contributed by atoms with Crippen LogP contribution in [-0.4, -0.2) is 35.1 Å². The average molecular weight is 314 g/mol. The van der Waals surface area contributed by atoms with Crippen LogP contribution in [0.2, 0.25) is 0 Å². The second-order valence-corrected chi connectivity index (χ2v) is 6.99. The molecule has 1 atom stereocenters. The molecular weight excluding hydrogens is 294 g/mol. The number of hydrogen-bond acceptors (Lipinski definition) is 2. The third kappa shape index (κ3) is 2.88. The van der Waals surface area contributed by atoms with Crippen LogP contribution in [0.4, 0.5) is 0 Å². The monoisotopic (exact) mass is 313 g/mol. The summed E-state index contributed by atoms with van der Waals surface area (Å²) in [5, 5.41) is 1.01. The highest BCUT2D eigenvalue weighted by Gasteiger charge is 2.28. The van der Waals surface area contributed by atoms with E-state index in [4.69, 9.17) is 0 Å². The van der Waals surface area contributed by atoms with Crippen LogP contribution >= 0.6 is 27.7 Å². The Morgan fingerprint density at radius 2 is 2.12 bits per heavy atom. The molecule has 94 valence electrons. The van der Waals surface area contributed by atoms with E-state index in [2.05, 4.69) is 66.0 Å². The van der Waals surface area contributed by atoms with Gasteiger partial charge in [-0.1, -0.05) is 34.1 Å². The van der Waals surface area contributed by atoms with E-state index in [0.29, 0.717) is 5.92 Å². The first kappa shape index (κ1) is 13.4. The summed E-state index contributed by atoms with van der Waals surface area (Å²) in [6.07, 6.45) is 0. The number of thioether (sulfide) groups is 1. The second-order valence-electron chi connectivity index (χ2n) is 5.37. The Hall–Kier alpha value is 0.01000. The van der Waals surface area contributed by atoms with Gasteiger partial charge in [0.05, 0.1) is 0 Å². The maximum Gasteiger partial charge on any atom is 0.0247 e. The number of nitrogens with zero attached hydrogens (tertiary/aromatic N) is 1. The van der Waals surface area contributed by atoms with E-state index in [1.165, 1.54) is 16.2 Å². The Morgan fingerprint density at radius 3 is 2.82 bits per heavy atom. The quantitative estimate of drug-likeness (QED) is 0.773. The fourth-order valence-corrected chi connectivity index (χ4v) is 3.73. The molecule has 1 aromatic carbocycles. The Morgan fingerprint density at radius 1 is 1.41 bits per heavy atom. The van der Waals surface area contributed by atoms with Gasteiger partial charge < -0.3 is 0 Å². The third-order valence-corrected chi connectivity index (χ3v) is 6.28. The molecule has 1 heterocycles. The van der Waals surface area contributed by atoms with Crippen LogP contribution in [-0.2, 0) is 0 Å². The van der Waals surface area contributed by atoms with E-state index >= 15 is 0 Å². The van der Waals surface area contributed by atoms with E-state index in [-0.39, 0.29) is 5.54 Å². The molecular formula is C14H20BrNS. The highest BCUT2D eigenvalue weighted by molar-refractivity contribution is 9.09. The van der Waals surface area contributed by atoms with Gasteiger partial charge in [0.1, 0.15) is 0 Å². The van der Waals surface area contributed by atoms with Crippen LogP contribution in [0, 0.1) is 0 Å². The zero-order valence-corrected chi connectivity index (χ0v) is 13.1. The normalized spacial score (nSPS) is 19.7. The molecule has 3 heteroatoms. The second kappa shape index (κ2) is 5.33. The number of rotatable bonds is 4. The molecule has 0 saturated carbocycles. The lowest BCUT2D eigenvalue weighted by Crippen LogP contribution is -2.44. The lowest BCUT2D eigenvalue weighted by molar-refractivity contribution is 0.174. The van der Waals surface area contributed by atoms with E-state index in [1.54, 1.807) is 0 Å². The van der Waals surface area contributed by atoms with E-state index < -0.39 is 0 Å². The van der Waals surface area contributed by atoms with Crippen LogP contribution in [0.1, 0.15) is 25.3 Å². The van der Waals surface area contributed by atoms with Crippen LogP contribution in [0.25, 0.3) is 0 Å². The van der Waals surface area contributed by atoms with Crippen molar-refractivity contribution in [2.24, 2.45) is 0 Å². The number of alkyl halides is 1. The fraction of sp³-hybridized carbons (Fsp3) is 0.571. The first-order valence-electron chi connectivity index (χ1n) is 6.03. The van der Waals surface area contributed by atoms with Crippen molar-refractivity contribution in [1.82, 2.24) is 4.90 Å². The standard InChI is InChI=1S/C14H20BrNS/c1-14(2,10-15)16(3)8-11-9-17-13-7-5-4-6-12(11)13/h4-7,11H,8-10H2,1-3H3. The smallest absolute Gasteiger partial charge is 0.0247 e. The number of fused-ring (bicyclic) bond motifs is 1. The van der Waals surface area contributed by atoms with Gasteiger partial charge in [-0.05, 0) is 32.5 Å². The summed E-state index contributed by atoms with van der Waals surface area (Å²) in [6, 6.07) is 8.83. The van der Waals surface area contributed by atoms with Crippen molar-refractivity contribution in [2.75, 3.05) is 24.7 Å². The SMILES string of the molecule is CN(CC1CSc2ccccc21)C(C)(C)CBr. The molecule has 0 spiro atoms. The van der Waals surface area contributed by atoms with Gasteiger partial charge in [0.15, 0.2) is 0 Å². The van der Waals surface area contributed by atoms with Crippen molar-refractivity contribution >= 4 is 27.7 Å². The molecule has 17 heavy (non-hydrogen) atoms. The molecule has 0 saturated heterocycles. The van der Waals surface area contributed by atoms with Gasteiger partial charge in [-0.15, -0.1) is 11.8 Å². The lowest BCUT2D eigenvalue weighted by atomic mass is 9.98. The van der Waals surface area contributed by atoms with Crippen LogP contribution < -0.4 is 0 Å². The summed E-state index contributed by atoms with van der Waals surface area (Å²) >= 11 is 5.60. The minimum Gasteiger partial charge on any atom is -0.300 e. The molecule has 0 aliphatic carbocycles. The maximum absolute atomic E-state index is 3.61. The molecule has 1 aliphatic rings. The zero-order chi connectivity index (χ0) is 12.5. The maximum atomic E-state index is 3.61. The van der Waals surface area contributed by atoms with Gasteiger partial charge in [0.2, 0.25) is 0 Å². The predicted molar refractivity (Wildman–Crippen MR) is 80.4 cm³/mol. The molecule has 0 amide bonds. The van der Waals surface area contributed by atoms with Crippen LogP contribution in [0.5, 0.6) is 0 Å². The minimum absolute atomic E-state index is 0.224. The van der Waals surface area contributed by atoms with E-state index in [0.717, 1.165) is 11.9 Å². The van der Waals surface area contributed by atoms with Crippen molar-refractivity contribution in [2.45, 2.75) is 30.2 Å². The van der Waals surface area contributed by atoms with E-state index in [1.807, 2.05) is 11.8 Å². The van der Waals surface area contributed by atoms with Crippen molar-refractivity contribution in [3.05, 3.63) is 29.8 Å². The van der Waals surface area contributed by atoms with Gasteiger partial charge in [0.25, 0.3) is 0 Å². The van der Waals surface area contributed by atoms with Crippen molar-refractivity contribution in [3.63, 3.8) is 0 Å². The molecule has 0 N–H and O–H groups in total. The molecule has 2 rings (SSSR count). The van der Waals surface area contributed by atoms with E-state index in [9.17, 15) is 0 Å². The lowest BCUT2D eigenvalue weighted by Gasteiger charge is -2.35. The van der Waals surface area contributed by atoms with Crippen molar-refractivity contribution in [1.29, 1.82) is 0 Å². The topological polar surface area (TPSA) is 3.24 Å². The Labute approximate surface area is 117 Å². The molecule has 1 unspecified atom stereocenters. The summed E-state index contributed by atoms with van der Waals surface area (Å²) in [5.41, 5.74) is 1.76. The first-order chi connectivity index (χ1) is 8.04. The zero-order valence-electron chi connectivity index (χ0n) is 10.7. The van der Waals surface area contributed by atoms with Crippen molar-refractivity contribution in [3.8, 4) is 0 Å². The van der Waals surface area contributed by atoms with Gasteiger partial charge in [-0.2, -0.15) is 0 Å². The molecule has 0 aromatic heterocycles. The first-order valence-corrected chi connectivity index (χ1v) is 8.14. The average Bonchev–Trinajstić information content (AvgIpc) is 2.73. The Balaban J connectivity index is 2.07. The van der Waals surface area contributed by atoms with Gasteiger partial charge in [0, 0.05) is 34.0 Å². The summed E-state index contributed by atoms with van der Waals surface area (Å²) in [6.45, 7) is 5.72. The molecule has 1 nitrogen and oxygen atoms in total. The third-order valence-electron chi connectivity index (χ3n) is 3.65. The summed E-state index contributed by atoms with van der Waals surface area (Å²) in [4.78, 5) is 3.94. The summed E-state index contributed by atoms with van der Waals surface area (Å²) in [5.74, 6) is 1.90. The molecule has 0 bridgehead atoms. The van der Waals surface area contributed by atoms with Gasteiger partial charge >= 0.3 is 0 Å². The Bertz CT molecular complexity index is 392. The van der Waals surface area contributed by atoms with Crippen LogP contribution in [0.3, 0.4) is 0 Å². The predicted octanol–water partition coefficient (Wildman–Crippen LogP) is 3.98. The Kier molecular flexibility index (Phi) is 4.22. The number of likely N-dealkylation sites (N-methyl/N-ethyl adjacent to an activating group) is 1. The molecule has 1 aliphatic heterocycles. The summed E-state index contributed by atoms with van der Waals surface area (Å²) < 4.78 is 0. The molecule has 1 aromatic rings. The highest BCUT2D eigenvalue weighted by atomic mass is 79.9. The highest BCUT2D eigenvalue weighted by Crippen LogP contribution is 2.40. The van der Waals surface area contributed by atoms with Crippen LogP contribution in [0.15, 0.2) is 29.2 Å².